The van der Waals surface area contributed by atoms with E-state index in [1.165, 1.54) is 5.56 Å². The van der Waals surface area contributed by atoms with Gasteiger partial charge in [-0.1, -0.05) is 24.3 Å². The van der Waals surface area contributed by atoms with Crippen molar-refractivity contribution in [1.82, 2.24) is 24.6 Å². The number of amides is 1. The molecule has 2 aromatic heterocycles. The molecule has 4 rings (SSSR count). The molecule has 0 aliphatic carbocycles. The molecular formula is C20H21N5O. The lowest BCUT2D eigenvalue weighted by atomic mass is 10.2. The molecule has 26 heavy (non-hydrogen) atoms. The summed E-state index contributed by atoms with van der Waals surface area (Å²) in [5.74, 6) is 0.0493. The zero-order chi connectivity index (χ0) is 17.8. The molecule has 1 aliphatic heterocycles. The van der Waals surface area contributed by atoms with Gasteiger partial charge < -0.3 is 4.90 Å². The van der Waals surface area contributed by atoms with Crippen LogP contribution in [0.5, 0.6) is 0 Å². The highest BCUT2D eigenvalue weighted by Gasteiger charge is 2.23. The number of benzene rings is 1. The van der Waals surface area contributed by atoms with Gasteiger partial charge in [0.2, 0.25) is 0 Å². The molecule has 0 atom stereocenters. The molecule has 1 fully saturated rings. The smallest absolute Gasteiger partial charge is 0.257 e. The molecule has 0 bridgehead atoms. The van der Waals surface area contributed by atoms with Gasteiger partial charge in [-0.15, -0.1) is 0 Å². The molecule has 0 spiro atoms. The molecule has 3 heterocycles. The fourth-order valence-corrected chi connectivity index (χ4v) is 3.20. The Morgan fingerprint density at radius 3 is 2.50 bits per heavy atom. The Morgan fingerprint density at radius 2 is 1.77 bits per heavy atom. The van der Waals surface area contributed by atoms with Crippen molar-refractivity contribution in [1.29, 1.82) is 0 Å². The predicted octanol–water partition coefficient (Wildman–Crippen LogP) is 2.23. The van der Waals surface area contributed by atoms with Gasteiger partial charge in [0.1, 0.15) is 0 Å². The van der Waals surface area contributed by atoms with E-state index < -0.39 is 0 Å². The largest absolute Gasteiger partial charge is 0.336 e. The van der Waals surface area contributed by atoms with Crippen LogP contribution in [0.3, 0.4) is 0 Å². The van der Waals surface area contributed by atoms with Crippen LogP contribution in [-0.4, -0.2) is 56.7 Å². The van der Waals surface area contributed by atoms with E-state index in [2.05, 4.69) is 21.0 Å². The lowest BCUT2D eigenvalue weighted by Gasteiger charge is -2.34. The minimum Gasteiger partial charge on any atom is -0.336 e. The second-order valence-electron chi connectivity index (χ2n) is 6.44. The molecule has 1 aliphatic rings. The van der Waals surface area contributed by atoms with Crippen LogP contribution in [0.2, 0.25) is 0 Å². The minimum atomic E-state index is 0.0493. The highest BCUT2D eigenvalue weighted by atomic mass is 16.2. The first kappa shape index (κ1) is 16.5. The van der Waals surface area contributed by atoms with Crippen molar-refractivity contribution in [3.05, 3.63) is 78.4 Å². The third kappa shape index (κ3) is 3.65. The van der Waals surface area contributed by atoms with E-state index in [1.807, 2.05) is 47.5 Å². The van der Waals surface area contributed by atoms with Gasteiger partial charge in [0, 0.05) is 51.3 Å². The number of para-hydroxylation sites is 1. The molecule has 0 unspecified atom stereocenters. The molecule has 132 valence electrons. The van der Waals surface area contributed by atoms with Gasteiger partial charge >= 0.3 is 0 Å². The molecule has 0 radical (unpaired) electrons. The fraction of sp³-hybridized carbons (Fsp3) is 0.250. The Balaban J connectivity index is 1.36. The zero-order valence-electron chi connectivity index (χ0n) is 14.5. The van der Waals surface area contributed by atoms with Crippen molar-refractivity contribution in [3.63, 3.8) is 0 Å². The van der Waals surface area contributed by atoms with Crippen molar-refractivity contribution in [3.8, 4) is 5.69 Å². The van der Waals surface area contributed by atoms with Gasteiger partial charge in [0.25, 0.3) is 5.91 Å². The number of carbonyl (C=O) groups is 1. The predicted molar refractivity (Wildman–Crippen MR) is 99.0 cm³/mol. The van der Waals surface area contributed by atoms with Crippen LogP contribution in [-0.2, 0) is 6.54 Å². The molecule has 1 amide bonds. The molecule has 6 nitrogen and oxygen atoms in total. The van der Waals surface area contributed by atoms with E-state index in [9.17, 15) is 4.79 Å². The number of hydrogen-bond acceptors (Lipinski definition) is 4. The number of nitrogens with zero attached hydrogens (tertiary/aromatic N) is 5. The van der Waals surface area contributed by atoms with Crippen LogP contribution in [0, 0.1) is 0 Å². The molecule has 1 aromatic carbocycles. The maximum Gasteiger partial charge on any atom is 0.257 e. The van der Waals surface area contributed by atoms with E-state index in [4.69, 9.17) is 0 Å². The first-order chi connectivity index (χ1) is 12.8. The van der Waals surface area contributed by atoms with Crippen molar-refractivity contribution in [2.45, 2.75) is 6.54 Å². The van der Waals surface area contributed by atoms with E-state index in [-0.39, 0.29) is 5.91 Å². The quantitative estimate of drug-likeness (QED) is 0.726. The molecular weight excluding hydrogens is 326 g/mol. The van der Waals surface area contributed by atoms with Crippen LogP contribution in [0.4, 0.5) is 0 Å². The Morgan fingerprint density at radius 1 is 0.962 bits per heavy atom. The van der Waals surface area contributed by atoms with Crippen molar-refractivity contribution < 1.29 is 4.79 Å². The summed E-state index contributed by atoms with van der Waals surface area (Å²) in [6.45, 7) is 4.08. The number of pyridine rings is 1. The fourth-order valence-electron chi connectivity index (χ4n) is 3.20. The summed E-state index contributed by atoms with van der Waals surface area (Å²) in [6.07, 6.45) is 7.14. The number of aromatic nitrogens is 3. The Hall–Kier alpha value is -2.99. The highest BCUT2D eigenvalue weighted by molar-refractivity contribution is 5.93. The molecule has 1 saturated heterocycles. The molecule has 3 aromatic rings. The first-order valence-corrected chi connectivity index (χ1v) is 8.80. The van der Waals surface area contributed by atoms with E-state index in [1.54, 1.807) is 23.3 Å². The van der Waals surface area contributed by atoms with E-state index in [0.29, 0.717) is 5.56 Å². The SMILES string of the molecule is O=C(c1cnn(-c2ccccc2)c1)N1CCN(Cc2cccnc2)CC1. The molecule has 0 N–H and O–H groups in total. The first-order valence-electron chi connectivity index (χ1n) is 8.80. The topological polar surface area (TPSA) is 54.3 Å². The van der Waals surface area contributed by atoms with Gasteiger partial charge in [-0.2, -0.15) is 5.10 Å². The summed E-state index contributed by atoms with van der Waals surface area (Å²) in [7, 11) is 0. The second kappa shape index (κ2) is 7.49. The Kier molecular flexibility index (Phi) is 4.75. The highest BCUT2D eigenvalue weighted by Crippen LogP contribution is 2.13. The average molecular weight is 347 g/mol. The third-order valence-corrected chi connectivity index (χ3v) is 4.64. The normalized spacial score (nSPS) is 15.2. The van der Waals surface area contributed by atoms with Crippen molar-refractivity contribution in [2.75, 3.05) is 26.2 Å². The van der Waals surface area contributed by atoms with Crippen LogP contribution >= 0.6 is 0 Å². The standard InChI is InChI=1S/C20H21N5O/c26-20(18-14-22-25(16-18)19-6-2-1-3-7-19)24-11-9-23(10-12-24)15-17-5-4-8-21-13-17/h1-8,13-14,16H,9-12,15H2. The number of piperazine rings is 1. The summed E-state index contributed by atoms with van der Waals surface area (Å²) >= 11 is 0. The van der Waals surface area contributed by atoms with Crippen molar-refractivity contribution >= 4 is 5.91 Å². The maximum absolute atomic E-state index is 12.8. The lowest BCUT2D eigenvalue weighted by molar-refractivity contribution is 0.0628. The number of rotatable bonds is 4. The average Bonchev–Trinajstić information content (AvgIpc) is 3.20. The monoisotopic (exact) mass is 347 g/mol. The van der Waals surface area contributed by atoms with Gasteiger partial charge in [-0.05, 0) is 23.8 Å². The van der Waals surface area contributed by atoms with Gasteiger partial charge in [0.05, 0.1) is 17.4 Å². The van der Waals surface area contributed by atoms with Gasteiger partial charge in [-0.25, -0.2) is 4.68 Å². The van der Waals surface area contributed by atoms with Crippen LogP contribution < -0.4 is 0 Å². The van der Waals surface area contributed by atoms with Crippen LogP contribution in [0.1, 0.15) is 15.9 Å². The summed E-state index contributed by atoms with van der Waals surface area (Å²) in [4.78, 5) is 21.2. The second-order valence-corrected chi connectivity index (χ2v) is 6.44. The van der Waals surface area contributed by atoms with Crippen molar-refractivity contribution in [2.24, 2.45) is 0 Å². The zero-order valence-corrected chi connectivity index (χ0v) is 14.5. The lowest BCUT2D eigenvalue weighted by Crippen LogP contribution is -2.48. The van der Waals surface area contributed by atoms with Gasteiger partial charge in [-0.3, -0.25) is 14.7 Å². The van der Waals surface area contributed by atoms with E-state index >= 15 is 0 Å². The van der Waals surface area contributed by atoms with Gasteiger partial charge in [0.15, 0.2) is 0 Å². The minimum absolute atomic E-state index is 0.0493. The number of carbonyl (C=O) groups excluding carboxylic acids is 1. The number of hydrogen-bond donors (Lipinski definition) is 0. The molecule has 6 heteroatoms. The summed E-state index contributed by atoms with van der Waals surface area (Å²) in [5.41, 5.74) is 2.79. The summed E-state index contributed by atoms with van der Waals surface area (Å²) in [6, 6.07) is 13.9. The maximum atomic E-state index is 12.8. The summed E-state index contributed by atoms with van der Waals surface area (Å²) < 4.78 is 1.74. The third-order valence-electron chi connectivity index (χ3n) is 4.64. The Labute approximate surface area is 152 Å². The van der Waals surface area contributed by atoms with E-state index in [0.717, 1.165) is 38.4 Å². The summed E-state index contributed by atoms with van der Waals surface area (Å²) in [5, 5.41) is 4.32. The van der Waals surface area contributed by atoms with Crippen LogP contribution in [0.25, 0.3) is 5.69 Å². The van der Waals surface area contributed by atoms with Crippen LogP contribution in [0.15, 0.2) is 67.3 Å². The molecule has 0 saturated carbocycles. The Bertz CT molecular complexity index is 854.